The topological polar surface area (TPSA) is 83.7 Å². The first-order chi connectivity index (χ1) is 8.97. The van der Waals surface area contributed by atoms with Crippen LogP contribution in [0.3, 0.4) is 0 Å². The van der Waals surface area contributed by atoms with E-state index in [1.165, 1.54) is 12.1 Å². The predicted molar refractivity (Wildman–Crippen MR) is 69.2 cm³/mol. The molecule has 0 heterocycles. The molecule has 0 radical (unpaired) electrons. The fourth-order valence-corrected chi connectivity index (χ4v) is 2.16. The van der Waals surface area contributed by atoms with Crippen LogP contribution in [-0.4, -0.2) is 33.5 Å². The summed E-state index contributed by atoms with van der Waals surface area (Å²) in [6.45, 7) is 0.353. The van der Waals surface area contributed by atoms with E-state index in [1.54, 1.807) is 6.07 Å². The molecule has 7 heteroatoms. The standard InChI is InChI=1S/C12H13ClN2O4/c13-11-5-10(15(18)19)2-1-8(11)6-14(7-12(16)17)9-3-4-9/h1-2,5,9H,3-4,6-7H2,(H,16,17). The van der Waals surface area contributed by atoms with Crippen LogP contribution in [0.2, 0.25) is 5.02 Å². The molecule has 0 spiro atoms. The van der Waals surface area contributed by atoms with Crippen LogP contribution in [0.25, 0.3) is 0 Å². The first kappa shape index (κ1) is 13.8. The zero-order valence-corrected chi connectivity index (χ0v) is 10.8. The van der Waals surface area contributed by atoms with Crippen molar-refractivity contribution in [3.63, 3.8) is 0 Å². The van der Waals surface area contributed by atoms with Crippen molar-refractivity contribution in [3.8, 4) is 0 Å². The minimum atomic E-state index is -0.884. The molecule has 0 aliphatic heterocycles. The molecule has 102 valence electrons. The van der Waals surface area contributed by atoms with Crippen LogP contribution in [0.5, 0.6) is 0 Å². The third-order valence-corrected chi connectivity index (χ3v) is 3.37. The number of carboxylic acids is 1. The van der Waals surface area contributed by atoms with Crippen molar-refractivity contribution in [1.82, 2.24) is 4.90 Å². The van der Waals surface area contributed by atoms with Gasteiger partial charge in [0.1, 0.15) is 0 Å². The van der Waals surface area contributed by atoms with Crippen molar-refractivity contribution < 1.29 is 14.8 Å². The lowest BCUT2D eigenvalue weighted by Crippen LogP contribution is -2.31. The van der Waals surface area contributed by atoms with E-state index in [-0.39, 0.29) is 18.3 Å². The normalized spacial score (nSPS) is 14.6. The first-order valence-corrected chi connectivity index (χ1v) is 6.24. The van der Waals surface area contributed by atoms with Gasteiger partial charge in [0.15, 0.2) is 0 Å². The number of halogens is 1. The molecular formula is C12H13ClN2O4. The number of carboxylic acid groups (broad SMARTS) is 1. The van der Waals surface area contributed by atoms with E-state index < -0.39 is 10.9 Å². The molecule has 1 N–H and O–H groups in total. The molecule has 0 aromatic heterocycles. The molecule has 0 bridgehead atoms. The van der Waals surface area contributed by atoms with Crippen LogP contribution < -0.4 is 0 Å². The van der Waals surface area contributed by atoms with Crippen molar-refractivity contribution in [2.75, 3.05) is 6.54 Å². The molecule has 0 saturated heterocycles. The molecule has 1 saturated carbocycles. The molecule has 0 unspecified atom stereocenters. The van der Waals surface area contributed by atoms with Gasteiger partial charge in [0.2, 0.25) is 0 Å². The second-order valence-electron chi connectivity index (χ2n) is 4.56. The van der Waals surface area contributed by atoms with Crippen LogP contribution in [0, 0.1) is 10.1 Å². The summed E-state index contributed by atoms with van der Waals surface area (Å²) >= 11 is 6.00. The van der Waals surface area contributed by atoms with Gasteiger partial charge in [0, 0.05) is 24.7 Å². The van der Waals surface area contributed by atoms with Crippen LogP contribution in [-0.2, 0) is 11.3 Å². The summed E-state index contributed by atoms with van der Waals surface area (Å²) in [6.07, 6.45) is 1.97. The van der Waals surface area contributed by atoms with Crippen LogP contribution in [0.4, 0.5) is 5.69 Å². The molecule has 19 heavy (non-hydrogen) atoms. The van der Waals surface area contributed by atoms with E-state index in [1.807, 2.05) is 4.90 Å². The number of non-ortho nitro benzene ring substituents is 1. The Bertz CT molecular complexity index is 516. The van der Waals surface area contributed by atoms with Gasteiger partial charge in [-0.05, 0) is 24.5 Å². The molecule has 1 aliphatic rings. The Morgan fingerprint density at radius 1 is 1.53 bits per heavy atom. The van der Waals surface area contributed by atoms with Gasteiger partial charge < -0.3 is 5.11 Å². The van der Waals surface area contributed by atoms with E-state index in [2.05, 4.69) is 0 Å². The van der Waals surface area contributed by atoms with Crippen molar-refractivity contribution >= 4 is 23.3 Å². The van der Waals surface area contributed by atoms with Gasteiger partial charge in [0.25, 0.3) is 5.69 Å². The molecule has 1 aromatic carbocycles. The summed E-state index contributed by atoms with van der Waals surface area (Å²) in [5, 5.41) is 19.8. The maximum Gasteiger partial charge on any atom is 0.317 e. The summed E-state index contributed by atoms with van der Waals surface area (Å²) < 4.78 is 0. The van der Waals surface area contributed by atoms with Gasteiger partial charge in [-0.15, -0.1) is 0 Å². The van der Waals surface area contributed by atoms with Gasteiger partial charge in [-0.25, -0.2) is 0 Å². The number of nitrogens with zero attached hydrogens (tertiary/aromatic N) is 2. The second kappa shape index (κ2) is 5.54. The summed E-state index contributed by atoms with van der Waals surface area (Å²) in [5.74, 6) is -0.884. The van der Waals surface area contributed by atoms with Gasteiger partial charge in [-0.3, -0.25) is 19.8 Å². The number of nitro groups is 1. The fraction of sp³-hybridized carbons (Fsp3) is 0.417. The first-order valence-electron chi connectivity index (χ1n) is 5.86. The third-order valence-electron chi connectivity index (χ3n) is 3.02. The van der Waals surface area contributed by atoms with E-state index in [0.29, 0.717) is 17.1 Å². The fourth-order valence-electron chi connectivity index (χ4n) is 1.92. The Labute approximate surface area is 114 Å². The van der Waals surface area contributed by atoms with E-state index in [9.17, 15) is 14.9 Å². The predicted octanol–water partition coefficient (Wildman–Crippen LogP) is 2.30. The lowest BCUT2D eigenvalue weighted by molar-refractivity contribution is -0.384. The van der Waals surface area contributed by atoms with Gasteiger partial charge >= 0.3 is 5.97 Å². The monoisotopic (exact) mass is 284 g/mol. The summed E-state index contributed by atoms with van der Waals surface area (Å²) in [6, 6.07) is 4.54. The van der Waals surface area contributed by atoms with Gasteiger partial charge in [-0.2, -0.15) is 0 Å². The Kier molecular flexibility index (Phi) is 4.01. The smallest absolute Gasteiger partial charge is 0.317 e. The van der Waals surface area contributed by atoms with Crippen LogP contribution in [0.15, 0.2) is 18.2 Å². The zero-order chi connectivity index (χ0) is 14.0. The average Bonchev–Trinajstić information content (AvgIpc) is 3.13. The number of rotatable bonds is 6. The lowest BCUT2D eigenvalue weighted by atomic mass is 10.2. The van der Waals surface area contributed by atoms with Gasteiger partial charge in [0.05, 0.1) is 16.5 Å². The number of hydrogen-bond acceptors (Lipinski definition) is 4. The molecule has 0 amide bonds. The Balaban J connectivity index is 2.12. The Morgan fingerprint density at radius 2 is 2.21 bits per heavy atom. The number of aliphatic carboxylic acids is 1. The zero-order valence-electron chi connectivity index (χ0n) is 10.1. The maximum absolute atomic E-state index is 10.8. The van der Waals surface area contributed by atoms with Gasteiger partial charge in [-0.1, -0.05) is 11.6 Å². The van der Waals surface area contributed by atoms with Crippen molar-refractivity contribution in [2.45, 2.75) is 25.4 Å². The molecule has 6 nitrogen and oxygen atoms in total. The minimum Gasteiger partial charge on any atom is -0.480 e. The summed E-state index contributed by atoms with van der Waals surface area (Å²) in [7, 11) is 0. The molecule has 1 aliphatic carbocycles. The third kappa shape index (κ3) is 3.65. The number of carbonyl (C=O) groups is 1. The van der Waals surface area contributed by atoms with Crippen molar-refractivity contribution in [1.29, 1.82) is 0 Å². The van der Waals surface area contributed by atoms with E-state index in [0.717, 1.165) is 12.8 Å². The molecule has 0 atom stereocenters. The van der Waals surface area contributed by atoms with Crippen LogP contribution >= 0.6 is 11.6 Å². The highest BCUT2D eigenvalue weighted by Gasteiger charge is 2.30. The summed E-state index contributed by atoms with van der Waals surface area (Å²) in [4.78, 5) is 22.7. The largest absolute Gasteiger partial charge is 0.480 e. The number of nitro benzene ring substituents is 1. The minimum absolute atomic E-state index is 0.0437. The summed E-state index contributed by atoms with van der Waals surface area (Å²) in [5.41, 5.74) is 0.644. The van der Waals surface area contributed by atoms with Crippen LogP contribution in [0.1, 0.15) is 18.4 Å². The molecule has 2 rings (SSSR count). The Hall–Kier alpha value is -1.66. The highest BCUT2D eigenvalue weighted by molar-refractivity contribution is 6.31. The maximum atomic E-state index is 10.8. The van der Waals surface area contributed by atoms with E-state index in [4.69, 9.17) is 16.7 Å². The van der Waals surface area contributed by atoms with Crippen molar-refractivity contribution in [2.24, 2.45) is 0 Å². The lowest BCUT2D eigenvalue weighted by Gasteiger charge is -2.20. The SMILES string of the molecule is O=C(O)CN(Cc1ccc([N+](=O)[O-])cc1Cl)C1CC1. The number of hydrogen-bond donors (Lipinski definition) is 1. The number of benzene rings is 1. The Morgan fingerprint density at radius 3 is 2.68 bits per heavy atom. The van der Waals surface area contributed by atoms with Crippen molar-refractivity contribution in [3.05, 3.63) is 38.9 Å². The molecule has 1 aromatic rings. The quantitative estimate of drug-likeness (QED) is 0.640. The second-order valence-corrected chi connectivity index (χ2v) is 4.97. The highest BCUT2D eigenvalue weighted by Crippen LogP contribution is 2.30. The molecule has 1 fully saturated rings. The molecular weight excluding hydrogens is 272 g/mol. The highest BCUT2D eigenvalue weighted by atomic mass is 35.5. The van der Waals surface area contributed by atoms with E-state index >= 15 is 0 Å². The average molecular weight is 285 g/mol.